The number of carbonyl (C=O) groups is 1. The van der Waals surface area contributed by atoms with Crippen molar-refractivity contribution in [2.24, 2.45) is 5.92 Å². The molecule has 1 aliphatic carbocycles. The number of nitrogens with one attached hydrogen (secondary N) is 1. The van der Waals surface area contributed by atoms with Crippen LogP contribution in [0.4, 0.5) is 0 Å². The van der Waals surface area contributed by atoms with Crippen LogP contribution >= 0.6 is 0 Å². The molecule has 0 aromatic carbocycles. The van der Waals surface area contributed by atoms with Crippen molar-refractivity contribution in [1.29, 1.82) is 0 Å². The highest BCUT2D eigenvalue weighted by Gasteiger charge is 2.33. The van der Waals surface area contributed by atoms with Crippen molar-refractivity contribution in [3.05, 3.63) is 0 Å². The van der Waals surface area contributed by atoms with Gasteiger partial charge in [0, 0.05) is 13.2 Å². The standard InChI is InChI=1S/C16H31NO3/c1-4-11-17-16(3,15(18)20-5-2)10-13-19-12-9-14-7-6-8-14/h14,17H,4-13H2,1-3H3. The molecule has 118 valence electrons. The van der Waals surface area contributed by atoms with E-state index in [-0.39, 0.29) is 5.97 Å². The van der Waals surface area contributed by atoms with E-state index < -0.39 is 5.54 Å². The van der Waals surface area contributed by atoms with Crippen molar-refractivity contribution in [3.8, 4) is 0 Å². The predicted molar refractivity (Wildman–Crippen MR) is 80.7 cm³/mol. The van der Waals surface area contributed by atoms with Crippen molar-refractivity contribution in [2.45, 2.75) is 64.8 Å². The Morgan fingerprint density at radius 2 is 2.05 bits per heavy atom. The fourth-order valence-corrected chi connectivity index (χ4v) is 2.36. The van der Waals surface area contributed by atoms with Gasteiger partial charge in [-0.3, -0.25) is 4.79 Å². The van der Waals surface area contributed by atoms with Gasteiger partial charge in [-0.1, -0.05) is 26.2 Å². The van der Waals surface area contributed by atoms with Gasteiger partial charge in [0.05, 0.1) is 6.61 Å². The van der Waals surface area contributed by atoms with Gasteiger partial charge in [-0.2, -0.15) is 0 Å². The Hall–Kier alpha value is -0.610. The van der Waals surface area contributed by atoms with Crippen LogP contribution < -0.4 is 5.32 Å². The first-order chi connectivity index (χ1) is 9.62. The molecule has 1 rings (SSSR count). The van der Waals surface area contributed by atoms with Gasteiger partial charge in [0.2, 0.25) is 0 Å². The molecule has 4 nitrogen and oxygen atoms in total. The van der Waals surface area contributed by atoms with E-state index >= 15 is 0 Å². The van der Waals surface area contributed by atoms with Crippen LogP contribution in [-0.2, 0) is 14.3 Å². The first kappa shape index (κ1) is 17.4. The maximum absolute atomic E-state index is 12.1. The van der Waals surface area contributed by atoms with Crippen LogP contribution in [0.2, 0.25) is 0 Å². The average molecular weight is 285 g/mol. The van der Waals surface area contributed by atoms with E-state index in [1.807, 2.05) is 13.8 Å². The van der Waals surface area contributed by atoms with E-state index in [1.54, 1.807) is 0 Å². The smallest absolute Gasteiger partial charge is 0.326 e. The Kier molecular flexibility index (Phi) is 8.15. The Balaban J connectivity index is 2.25. The lowest BCUT2D eigenvalue weighted by Gasteiger charge is -2.29. The normalized spacial score (nSPS) is 18.4. The van der Waals surface area contributed by atoms with Gasteiger partial charge < -0.3 is 14.8 Å². The molecule has 0 aliphatic heterocycles. The zero-order chi connectivity index (χ0) is 14.8. The molecule has 4 heteroatoms. The van der Waals surface area contributed by atoms with Gasteiger partial charge in [-0.15, -0.1) is 0 Å². The number of esters is 1. The van der Waals surface area contributed by atoms with E-state index in [2.05, 4.69) is 12.2 Å². The highest BCUT2D eigenvalue weighted by Crippen LogP contribution is 2.29. The third-order valence-electron chi connectivity index (χ3n) is 4.13. The summed E-state index contributed by atoms with van der Waals surface area (Å²) in [5.74, 6) is 0.709. The van der Waals surface area contributed by atoms with E-state index in [0.717, 1.165) is 25.5 Å². The Labute approximate surface area is 123 Å². The van der Waals surface area contributed by atoms with Crippen molar-refractivity contribution < 1.29 is 14.3 Å². The molecular formula is C16H31NO3. The van der Waals surface area contributed by atoms with Gasteiger partial charge >= 0.3 is 5.97 Å². The number of ether oxygens (including phenoxy) is 2. The van der Waals surface area contributed by atoms with Crippen LogP contribution in [0, 0.1) is 5.92 Å². The summed E-state index contributed by atoms with van der Waals surface area (Å²) in [6.07, 6.45) is 6.93. The summed E-state index contributed by atoms with van der Waals surface area (Å²) in [6.45, 7) is 8.51. The molecule has 0 amide bonds. The second kappa shape index (κ2) is 9.35. The van der Waals surface area contributed by atoms with Gasteiger partial charge in [-0.05, 0) is 45.6 Å². The highest BCUT2D eigenvalue weighted by atomic mass is 16.5. The predicted octanol–water partition coefficient (Wildman–Crippen LogP) is 2.90. The SMILES string of the molecule is CCCNC(C)(CCOCCC1CCC1)C(=O)OCC. The minimum absolute atomic E-state index is 0.170. The Bertz CT molecular complexity index is 279. The number of hydrogen-bond donors (Lipinski definition) is 1. The molecule has 0 aromatic heterocycles. The maximum atomic E-state index is 12.1. The van der Waals surface area contributed by atoms with Crippen LogP contribution in [0.5, 0.6) is 0 Å². The molecule has 1 unspecified atom stereocenters. The van der Waals surface area contributed by atoms with Crippen LogP contribution in [0.25, 0.3) is 0 Å². The topological polar surface area (TPSA) is 47.6 Å². The first-order valence-corrected chi connectivity index (χ1v) is 8.12. The summed E-state index contributed by atoms with van der Waals surface area (Å²) in [6, 6.07) is 0. The number of rotatable bonds is 11. The molecule has 0 bridgehead atoms. The fourth-order valence-electron chi connectivity index (χ4n) is 2.36. The summed E-state index contributed by atoms with van der Waals surface area (Å²) in [4.78, 5) is 12.1. The summed E-state index contributed by atoms with van der Waals surface area (Å²) in [7, 11) is 0. The highest BCUT2D eigenvalue weighted by molar-refractivity contribution is 5.80. The largest absolute Gasteiger partial charge is 0.465 e. The lowest BCUT2D eigenvalue weighted by molar-refractivity contribution is -0.151. The second-order valence-corrected chi connectivity index (χ2v) is 5.93. The van der Waals surface area contributed by atoms with Gasteiger partial charge in [0.1, 0.15) is 5.54 Å². The van der Waals surface area contributed by atoms with Crippen molar-refractivity contribution in [2.75, 3.05) is 26.4 Å². The Morgan fingerprint density at radius 3 is 2.60 bits per heavy atom. The molecular weight excluding hydrogens is 254 g/mol. The molecule has 20 heavy (non-hydrogen) atoms. The quantitative estimate of drug-likeness (QED) is 0.468. The van der Waals surface area contributed by atoms with E-state index in [9.17, 15) is 4.79 Å². The zero-order valence-electron chi connectivity index (χ0n) is 13.4. The van der Waals surface area contributed by atoms with Crippen LogP contribution in [0.15, 0.2) is 0 Å². The molecule has 0 heterocycles. The Morgan fingerprint density at radius 1 is 1.30 bits per heavy atom. The van der Waals surface area contributed by atoms with Crippen LogP contribution in [-0.4, -0.2) is 37.9 Å². The first-order valence-electron chi connectivity index (χ1n) is 8.12. The average Bonchev–Trinajstić information content (AvgIpc) is 2.38. The zero-order valence-corrected chi connectivity index (χ0v) is 13.4. The maximum Gasteiger partial charge on any atom is 0.326 e. The molecule has 0 aromatic rings. The molecule has 1 atom stereocenters. The minimum Gasteiger partial charge on any atom is -0.465 e. The molecule has 1 aliphatic rings. The summed E-state index contributed by atoms with van der Waals surface area (Å²) in [5, 5.41) is 3.30. The van der Waals surface area contributed by atoms with E-state index in [0.29, 0.717) is 19.6 Å². The van der Waals surface area contributed by atoms with Crippen LogP contribution in [0.3, 0.4) is 0 Å². The third-order valence-corrected chi connectivity index (χ3v) is 4.13. The molecule has 0 spiro atoms. The van der Waals surface area contributed by atoms with Gasteiger partial charge in [0.25, 0.3) is 0 Å². The van der Waals surface area contributed by atoms with E-state index in [4.69, 9.17) is 9.47 Å². The number of carbonyl (C=O) groups excluding carboxylic acids is 1. The molecule has 0 saturated heterocycles. The molecule has 1 N–H and O–H groups in total. The monoisotopic (exact) mass is 285 g/mol. The molecule has 1 saturated carbocycles. The summed E-state index contributed by atoms with van der Waals surface area (Å²) >= 11 is 0. The van der Waals surface area contributed by atoms with Crippen molar-refractivity contribution in [1.82, 2.24) is 5.32 Å². The lowest BCUT2D eigenvalue weighted by Crippen LogP contribution is -2.51. The van der Waals surface area contributed by atoms with E-state index in [1.165, 1.54) is 25.7 Å². The van der Waals surface area contributed by atoms with Crippen LogP contribution in [0.1, 0.15) is 59.3 Å². The van der Waals surface area contributed by atoms with Crippen molar-refractivity contribution >= 4 is 5.97 Å². The third kappa shape index (κ3) is 5.80. The minimum atomic E-state index is -0.623. The molecule has 1 fully saturated rings. The molecule has 0 radical (unpaired) electrons. The fraction of sp³-hybridized carbons (Fsp3) is 0.938. The van der Waals surface area contributed by atoms with Crippen molar-refractivity contribution in [3.63, 3.8) is 0 Å². The lowest BCUT2D eigenvalue weighted by atomic mass is 9.83. The number of hydrogen-bond acceptors (Lipinski definition) is 4. The summed E-state index contributed by atoms with van der Waals surface area (Å²) in [5.41, 5.74) is -0.623. The summed E-state index contributed by atoms with van der Waals surface area (Å²) < 4.78 is 10.9. The van der Waals surface area contributed by atoms with Gasteiger partial charge in [-0.25, -0.2) is 0 Å². The second-order valence-electron chi connectivity index (χ2n) is 5.93. The van der Waals surface area contributed by atoms with Gasteiger partial charge in [0.15, 0.2) is 0 Å².